The first-order valence-corrected chi connectivity index (χ1v) is 9.63. The largest absolute Gasteiger partial charge is 0.244 e. The molecule has 1 unspecified atom stereocenters. The third kappa shape index (κ3) is 2.87. The molecular formula is C14H11F2NO4S2. The van der Waals surface area contributed by atoms with E-state index in [1.807, 2.05) is 0 Å². The van der Waals surface area contributed by atoms with Crippen molar-refractivity contribution in [1.82, 2.24) is 4.72 Å². The normalized spacial score (nSPS) is 19.5. The number of sulfonamides is 1. The molecule has 0 spiro atoms. The summed E-state index contributed by atoms with van der Waals surface area (Å²) >= 11 is 0. The first kappa shape index (κ1) is 16.0. The van der Waals surface area contributed by atoms with Gasteiger partial charge >= 0.3 is 0 Å². The van der Waals surface area contributed by atoms with Crippen LogP contribution in [-0.2, 0) is 19.9 Å². The van der Waals surface area contributed by atoms with Gasteiger partial charge in [0.25, 0.3) is 0 Å². The molecule has 0 radical (unpaired) electrons. The van der Waals surface area contributed by atoms with Crippen molar-refractivity contribution in [1.29, 1.82) is 0 Å². The SMILES string of the molecule is O=S1(=O)CC(NS(=O)(=O)c2cc(F)ccc2F)c2ccccc21. The first-order valence-electron chi connectivity index (χ1n) is 6.50. The highest BCUT2D eigenvalue weighted by atomic mass is 32.2. The molecule has 0 saturated heterocycles. The predicted molar refractivity (Wildman–Crippen MR) is 77.9 cm³/mol. The van der Waals surface area contributed by atoms with E-state index in [1.165, 1.54) is 18.2 Å². The highest BCUT2D eigenvalue weighted by molar-refractivity contribution is 7.92. The zero-order valence-electron chi connectivity index (χ0n) is 11.5. The van der Waals surface area contributed by atoms with Gasteiger partial charge in [-0.25, -0.2) is 30.3 Å². The van der Waals surface area contributed by atoms with E-state index in [4.69, 9.17) is 0 Å². The lowest BCUT2D eigenvalue weighted by atomic mass is 10.1. The van der Waals surface area contributed by atoms with Crippen LogP contribution in [0.25, 0.3) is 0 Å². The van der Waals surface area contributed by atoms with Crippen molar-refractivity contribution in [2.75, 3.05) is 5.75 Å². The Morgan fingerprint density at radius 3 is 2.52 bits per heavy atom. The highest BCUT2D eigenvalue weighted by Crippen LogP contribution is 2.34. The number of fused-ring (bicyclic) bond motifs is 1. The van der Waals surface area contributed by atoms with Crippen LogP contribution in [0.1, 0.15) is 11.6 Å². The smallest absolute Gasteiger partial charge is 0.224 e. The van der Waals surface area contributed by atoms with E-state index in [-0.39, 0.29) is 10.5 Å². The third-order valence-corrected chi connectivity index (χ3v) is 6.80. The fourth-order valence-corrected chi connectivity index (χ4v) is 5.63. The molecule has 5 nitrogen and oxygen atoms in total. The summed E-state index contributed by atoms with van der Waals surface area (Å²) in [6.07, 6.45) is 0. The van der Waals surface area contributed by atoms with E-state index in [2.05, 4.69) is 4.72 Å². The summed E-state index contributed by atoms with van der Waals surface area (Å²) in [7, 11) is -8.04. The Kier molecular flexibility index (Phi) is 3.74. The van der Waals surface area contributed by atoms with Crippen molar-refractivity contribution < 1.29 is 25.6 Å². The molecule has 2 aromatic rings. The molecule has 2 aromatic carbocycles. The van der Waals surface area contributed by atoms with Gasteiger partial charge in [-0.1, -0.05) is 18.2 Å². The highest BCUT2D eigenvalue weighted by Gasteiger charge is 2.37. The second-order valence-corrected chi connectivity index (χ2v) is 8.75. The van der Waals surface area contributed by atoms with Gasteiger partial charge in [0.05, 0.1) is 16.7 Å². The fraction of sp³-hybridized carbons (Fsp3) is 0.143. The molecule has 3 rings (SSSR count). The zero-order valence-corrected chi connectivity index (χ0v) is 13.2. The Morgan fingerprint density at radius 1 is 1.09 bits per heavy atom. The Bertz CT molecular complexity index is 988. The van der Waals surface area contributed by atoms with Gasteiger partial charge in [-0.2, -0.15) is 0 Å². The number of rotatable bonds is 3. The van der Waals surface area contributed by atoms with Crippen LogP contribution < -0.4 is 4.72 Å². The average molecular weight is 359 g/mol. The van der Waals surface area contributed by atoms with E-state index < -0.39 is 48.2 Å². The first-order chi connectivity index (χ1) is 10.7. The lowest BCUT2D eigenvalue weighted by Crippen LogP contribution is -2.30. The second-order valence-electron chi connectivity index (χ2n) is 5.07. The van der Waals surface area contributed by atoms with E-state index in [9.17, 15) is 25.6 Å². The van der Waals surface area contributed by atoms with Gasteiger partial charge in [-0.15, -0.1) is 0 Å². The van der Waals surface area contributed by atoms with Crippen molar-refractivity contribution in [3.63, 3.8) is 0 Å². The molecule has 1 atom stereocenters. The molecule has 0 aromatic heterocycles. The summed E-state index contributed by atoms with van der Waals surface area (Å²) < 4.78 is 77.6. The molecule has 1 N–H and O–H groups in total. The minimum Gasteiger partial charge on any atom is -0.224 e. The Morgan fingerprint density at radius 2 is 1.78 bits per heavy atom. The van der Waals surface area contributed by atoms with E-state index in [1.54, 1.807) is 6.07 Å². The molecule has 1 aliphatic rings. The van der Waals surface area contributed by atoms with Gasteiger partial charge in [0, 0.05) is 0 Å². The molecule has 122 valence electrons. The Labute approximate surface area is 131 Å². The number of sulfone groups is 1. The number of benzene rings is 2. The van der Waals surface area contributed by atoms with Crippen LogP contribution in [0.5, 0.6) is 0 Å². The van der Waals surface area contributed by atoms with Gasteiger partial charge in [0.1, 0.15) is 16.5 Å². The Balaban J connectivity index is 2.01. The summed E-state index contributed by atoms with van der Waals surface area (Å²) in [5, 5.41) is 0. The topological polar surface area (TPSA) is 80.3 Å². The maximum Gasteiger partial charge on any atom is 0.244 e. The molecule has 1 heterocycles. The number of hydrogen-bond donors (Lipinski definition) is 1. The van der Waals surface area contributed by atoms with Crippen molar-refractivity contribution in [3.8, 4) is 0 Å². The Hall–Kier alpha value is -1.84. The standard InChI is InChI=1S/C14H11F2NO4S2/c15-9-5-6-11(16)14(7-9)23(20,21)17-12-8-22(18,19)13-4-2-1-3-10(12)13/h1-7,12,17H,8H2. The number of hydrogen-bond acceptors (Lipinski definition) is 4. The monoisotopic (exact) mass is 359 g/mol. The molecule has 0 aliphatic carbocycles. The fourth-order valence-electron chi connectivity index (χ4n) is 2.48. The molecule has 23 heavy (non-hydrogen) atoms. The number of halogens is 2. The molecule has 9 heteroatoms. The molecule has 1 aliphatic heterocycles. The van der Waals surface area contributed by atoms with E-state index >= 15 is 0 Å². The number of nitrogens with one attached hydrogen (secondary N) is 1. The van der Waals surface area contributed by atoms with E-state index in [0.717, 1.165) is 6.07 Å². The summed E-state index contributed by atoms with van der Waals surface area (Å²) in [5.41, 5.74) is 0.285. The van der Waals surface area contributed by atoms with Gasteiger partial charge in [-0.05, 0) is 29.8 Å². The van der Waals surface area contributed by atoms with Crippen LogP contribution in [-0.4, -0.2) is 22.6 Å². The van der Waals surface area contributed by atoms with Gasteiger partial charge in [-0.3, -0.25) is 0 Å². The van der Waals surface area contributed by atoms with Crippen LogP contribution >= 0.6 is 0 Å². The summed E-state index contributed by atoms with van der Waals surface area (Å²) in [6.45, 7) is 0. The van der Waals surface area contributed by atoms with Crippen LogP contribution in [0.3, 0.4) is 0 Å². The van der Waals surface area contributed by atoms with E-state index in [0.29, 0.717) is 12.1 Å². The zero-order chi connectivity index (χ0) is 16.8. The van der Waals surface area contributed by atoms with Gasteiger partial charge < -0.3 is 0 Å². The minimum absolute atomic E-state index is 0.0346. The van der Waals surface area contributed by atoms with Gasteiger partial charge in [0.15, 0.2) is 9.84 Å². The van der Waals surface area contributed by atoms with Crippen LogP contribution in [0.4, 0.5) is 8.78 Å². The molecule has 0 fully saturated rings. The van der Waals surface area contributed by atoms with Crippen LogP contribution in [0.15, 0.2) is 52.3 Å². The molecular weight excluding hydrogens is 348 g/mol. The quantitative estimate of drug-likeness (QED) is 0.906. The predicted octanol–water partition coefficient (Wildman–Crippen LogP) is 1.77. The maximum absolute atomic E-state index is 13.7. The minimum atomic E-state index is -4.42. The lowest BCUT2D eigenvalue weighted by molar-refractivity contribution is 0.538. The van der Waals surface area contributed by atoms with Crippen molar-refractivity contribution in [3.05, 3.63) is 59.7 Å². The summed E-state index contributed by atoms with van der Waals surface area (Å²) in [4.78, 5) is -0.827. The van der Waals surface area contributed by atoms with Crippen LogP contribution in [0, 0.1) is 11.6 Å². The van der Waals surface area contributed by atoms with Crippen molar-refractivity contribution >= 4 is 19.9 Å². The summed E-state index contributed by atoms with van der Waals surface area (Å²) in [5.74, 6) is -2.50. The van der Waals surface area contributed by atoms with Crippen LogP contribution in [0.2, 0.25) is 0 Å². The van der Waals surface area contributed by atoms with Gasteiger partial charge in [0.2, 0.25) is 10.0 Å². The average Bonchev–Trinajstić information content (AvgIpc) is 2.72. The van der Waals surface area contributed by atoms with Crippen molar-refractivity contribution in [2.45, 2.75) is 15.8 Å². The molecule has 0 bridgehead atoms. The molecule has 0 saturated carbocycles. The lowest BCUT2D eigenvalue weighted by Gasteiger charge is -2.13. The maximum atomic E-state index is 13.7. The summed E-state index contributed by atoms with van der Waals surface area (Å²) in [6, 6.07) is 6.95. The van der Waals surface area contributed by atoms with Crippen molar-refractivity contribution in [2.24, 2.45) is 0 Å². The second kappa shape index (κ2) is 5.36. The third-order valence-electron chi connectivity index (χ3n) is 3.50. The molecule has 0 amide bonds.